The van der Waals surface area contributed by atoms with E-state index in [0.29, 0.717) is 17.5 Å². The number of ether oxygens (including phenoxy) is 1. The summed E-state index contributed by atoms with van der Waals surface area (Å²) in [6.45, 7) is 0. The molecule has 0 heterocycles. The number of esters is 1. The highest BCUT2D eigenvalue weighted by molar-refractivity contribution is 7.92. The minimum Gasteiger partial charge on any atom is -0.469 e. The molecule has 8 heteroatoms. The molecule has 0 spiro atoms. The Morgan fingerprint density at radius 1 is 0.771 bits per heavy atom. The van der Waals surface area contributed by atoms with E-state index in [2.05, 4.69) is 0 Å². The molecule has 0 radical (unpaired) electrons. The quantitative estimate of drug-likeness (QED) is 0.466. The average Bonchev–Trinajstić information content (AvgIpc) is 3.38. The van der Waals surface area contributed by atoms with E-state index in [1.165, 1.54) is 31.4 Å². The molecule has 3 atom stereocenters. The molecule has 1 fully saturated rings. The summed E-state index contributed by atoms with van der Waals surface area (Å²) < 4.78 is 60.0. The van der Waals surface area contributed by atoms with Gasteiger partial charge < -0.3 is 4.74 Å². The van der Waals surface area contributed by atoms with E-state index in [4.69, 9.17) is 4.74 Å². The van der Waals surface area contributed by atoms with Crippen LogP contribution >= 0.6 is 0 Å². The molecule has 2 aliphatic rings. The summed E-state index contributed by atoms with van der Waals surface area (Å²) >= 11 is 0. The van der Waals surface area contributed by atoms with Crippen molar-refractivity contribution in [1.29, 1.82) is 0 Å². The second-order valence-corrected chi connectivity index (χ2v) is 13.0. The van der Waals surface area contributed by atoms with Gasteiger partial charge in [0.1, 0.15) is 0 Å². The van der Waals surface area contributed by atoms with Crippen LogP contribution in [0.15, 0.2) is 92.4 Å². The van der Waals surface area contributed by atoms with E-state index in [1.807, 2.05) is 0 Å². The van der Waals surface area contributed by atoms with Crippen LogP contribution in [-0.4, -0.2) is 29.9 Å². The lowest BCUT2D eigenvalue weighted by Crippen LogP contribution is -2.35. The van der Waals surface area contributed by atoms with Gasteiger partial charge in [0, 0.05) is 0 Å². The van der Waals surface area contributed by atoms with Gasteiger partial charge in [-0.25, -0.2) is 16.8 Å². The summed E-state index contributed by atoms with van der Waals surface area (Å²) in [5.74, 6) is -1.22. The number of hydrogen-bond donors (Lipinski definition) is 0. The molecule has 0 aromatic heterocycles. The lowest BCUT2D eigenvalue weighted by atomic mass is 9.70. The molecule has 35 heavy (non-hydrogen) atoms. The van der Waals surface area contributed by atoms with Crippen molar-refractivity contribution in [2.45, 2.75) is 51.2 Å². The topological polar surface area (TPSA) is 94.6 Å². The average molecular weight is 511 g/mol. The highest BCUT2D eigenvalue weighted by atomic mass is 32.2. The van der Waals surface area contributed by atoms with Crippen molar-refractivity contribution in [3.05, 3.63) is 83.9 Å². The molecular weight excluding hydrogens is 484 g/mol. The molecule has 0 unspecified atom stereocenters. The molecule has 0 bridgehead atoms. The van der Waals surface area contributed by atoms with Gasteiger partial charge in [-0.05, 0) is 78.6 Å². The first kappa shape index (κ1) is 23.8. The number of sulfone groups is 2. The van der Waals surface area contributed by atoms with Crippen molar-refractivity contribution in [2.75, 3.05) is 7.11 Å². The second-order valence-electron chi connectivity index (χ2n) is 9.12. The maximum absolute atomic E-state index is 13.8. The van der Waals surface area contributed by atoms with Crippen molar-refractivity contribution >= 4 is 25.6 Å². The number of hydrogen-bond acceptors (Lipinski definition) is 6. The first-order valence-corrected chi connectivity index (χ1v) is 14.6. The van der Waals surface area contributed by atoms with Gasteiger partial charge >= 0.3 is 5.97 Å². The molecule has 0 amide bonds. The standard InChI is InChI=1S/C27H26O6S2/c1-33-27(28)22-17-23-24(34(29,30)18-9-4-2-5-10-18)15-16-25(26(23)21-14-8-13-20(21)22)35(31,32)19-11-6-3-7-12-19/h2-7,9-12,15-16,20-22H,8,13-14,17H2,1H3/t20-,21+,22-/m0/s1. The SMILES string of the molecule is COC(=O)[C@H]1Cc2c(S(=O)(=O)c3ccccc3)ccc(S(=O)(=O)c3ccccc3)c2[C@@H]2CCC[C@H]12. The molecule has 6 nitrogen and oxygen atoms in total. The molecule has 3 aromatic carbocycles. The number of carbonyl (C=O) groups is 1. The van der Waals surface area contributed by atoms with Crippen LogP contribution in [0.4, 0.5) is 0 Å². The minimum absolute atomic E-state index is 0.0602. The van der Waals surface area contributed by atoms with E-state index in [-0.39, 0.29) is 43.8 Å². The first-order chi connectivity index (χ1) is 16.8. The fraction of sp³-hybridized carbons (Fsp3) is 0.296. The van der Waals surface area contributed by atoms with Gasteiger partial charge in [0.05, 0.1) is 32.6 Å². The van der Waals surface area contributed by atoms with Crippen LogP contribution < -0.4 is 0 Å². The summed E-state index contributed by atoms with van der Waals surface area (Å²) in [6.07, 6.45) is 2.42. The zero-order valence-electron chi connectivity index (χ0n) is 19.3. The van der Waals surface area contributed by atoms with Gasteiger partial charge in [-0.3, -0.25) is 4.79 Å². The molecule has 1 saturated carbocycles. The number of methoxy groups -OCH3 is 1. The first-order valence-electron chi connectivity index (χ1n) is 11.6. The third-order valence-corrected chi connectivity index (χ3v) is 11.0. The largest absolute Gasteiger partial charge is 0.469 e. The molecule has 0 saturated heterocycles. The fourth-order valence-corrected chi connectivity index (χ4v) is 8.90. The number of benzene rings is 3. The Kier molecular flexibility index (Phi) is 6.05. The Hall–Kier alpha value is -2.97. The number of fused-ring (bicyclic) bond motifs is 3. The molecule has 2 aliphatic carbocycles. The lowest BCUT2D eigenvalue weighted by Gasteiger charge is -2.36. The van der Waals surface area contributed by atoms with Gasteiger partial charge in [0.2, 0.25) is 19.7 Å². The van der Waals surface area contributed by atoms with Gasteiger partial charge in [-0.15, -0.1) is 0 Å². The fourth-order valence-electron chi connectivity index (χ4n) is 5.79. The Labute approximate surface area is 205 Å². The van der Waals surface area contributed by atoms with Gasteiger partial charge in [0.25, 0.3) is 0 Å². The van der Waals surface area contributed by atoms with Crippen LogP contribution in [0.1, 0.15) is 36.3 Å². The molecule has 0 N–H and O–H groups in total. The number of rotatable bonds is 5. The van der Waals surface area contributed by atoms with Crippen LogP contribution in [0, 0.1) is 11.8 Å². The highest BCUT2D eigenvalue weighted by Gasteiger charge is 2.47. The van der Waals surface area contributed by atoms with Crippen LogP contribution in [0.2, 0.25) is 0 Å². The Morgan fingerprint density at radius 3 is 1.89 bits per heavy atom. The molecule has 0 aliphatic heterocycles. The summed E-state index contributed by atoms with van der Waals surface area (Å²) in [7, 11) is -6.51. The van der Waals surface area contributed by atoms with Crippen LogP contribution in [-0.2, 0) is 35.6 Å². The van der Waals surface area contributed by atoms with Crippen molar-refractivity contribution in [2.24, 2.45) is 11.8 Å². The normalized spacial score (nSPS) is 21.7. The summed E-state index contributed by atoms with van der Waals surface area (Å²) in [5, 5.41) is 0. The van der Waals surface area contributed by atoms with Gasteiger partial charge in [0.15, 0.2) is 0 Å². The highest BCUT2D eigenvalue weighted by Crippen LogP contribution is 2.53. The van der Waals surface area contributed by atoms with Crippen LogP contribution in [0.3, 0.4) is 0 Å². The monoisotopic (exact) mass is 510 g/mol. The summed E-state index contributed by atoms with van der Waals surface area (Å²) in [6, 6.07) is 19.1. The minimum atomic E-state index is -3.94. The second kappa shape index (κ2) is 8.91. The van der Waals surface area contributed by atoms with E-state index in [1.54, 1.807) is 48.5 Å². The molecule has 3 aromatic rings. The Balaban J connectivity index is 1.79. The zero-order chi connectivity index (χ0) is 24.8. The predicted molar refractivity (Wildman–Crippen MR) is 130 cm³/mol. The Bertz CT molecular complexity index is 1480. The van der Waals surface area contributed by atoms with E-state index in [0.717, 1.165) is 12.8 Å². The van der Waals surface area contributed by atoms with Gasteiger partial charge in [-0.2, -0.15) is 0 Å². The smallest absolute Gasteiger partial charge is 0.309 e. The zero-order valence-corrected chi connectivity index (χ0v) is 20.9. The molecular formula is C27H26O6S2. The van der Waals surface area contributed by atoms with Gasteiger partial charge in [-0.1, -0.05) is 42.8 Å². The lowest BCUT2D eigenvalue weighted by molar-refractivity contribution is -0.147. The maximum Gasteiger partial charge on any atom is 0.309 e. The Morgan fingerprint density at radius 2 is 1.31 bits per heavy atom. The van der Waals surface area contributed by atoms with Crippen molar-refractivity contribution in [3.63, 3.8) is 0 Å². The summed E-state index contributed by atoms with van der Waals surface area (Å²) in [4.78, 5) is 13.2. The molecule has 182 valence electrons. The van der Waals surface area contributed by atoms with Crippen molar-refractivity contribution < 1.29 is 26.4 Å². The van der Waals surface area contributed by atoms with E-state index in [9.17, 15) is 21.6 Å². The van der Waals surface area contributed by atoms with Crippen LogP contribution in [0.5, 0.6) is 0 Å². The number of carbonyl (C=O) groups excluding carboxylic acids is 1. The third-order valence-electron chi connectivity index (χ3n) is 7.35. The third kappa shape index (κ3) is 3.89. The summed E-state index contributed by atoms with van der Waals surface area (Å²) in [5.41, 5.74) is 0.970. The van der Waals surface area contributed by atoms with Crippen molar-refractivity contribution in [1.82, 2.24) is 0 Å². The van der Waals surface area contributed by atoms with Crippen molar-refractivity contribution in [3.8, 4) is 0 Å². The van der Waals surface area contributed by atoms with Crippen LogP contribution in [0.25, 0.3) is 0 Å². The van der Waals surface area contributed by atoms with E-state index >= 15 is 0 Å². The predicted octanol–water partition coefficient (Wildman–Crippen LogP) is 4.58. The van der Waals surface area contributed by atoms with E-state index < -0.39 is 25.6 Å². The maximum atomic E-state index is 13.8. The molecule has 5 rings (SSSR count).